The van der Waals surface area contributed by atoms with Crippen LogP contribution in [0.2, 0.25) is 0 Å². The van der Waals surface area contributed by atoms with Gasteiger partial charge in [0.05, 0.1) is 12.0 Å². The molecular formula is C19H22N4O4S. The summed E-state index contributed by atoms with van der Waals surface area (Å²) in [5.74, 6) is 1.06. The van der Waals surface area contributed by atoms with Gasteiger partial charge in [0.25, 0.3) is 0 Å². The number of rotatable bonds is 7. The first-order valence-corrected chi connectivity index (χ1v) is 10.2. The van der Waals surface area contributed by atoms with Gasteiger partial charge < -0.3 is 9.26 Å². The number of methoxy groups -OCH3 is 1. The first-order chi connectivity index (χ1) is 13.3. The van der Waals surface area contributed by atoms with E-state index in [-0.39, 0.29) is 16.7 Å². The van der Waals surface area contributed by atoms with Crippen LogP contribution < -0.4 is 9.46 Å². The molecule has 28 heavy (non-hydrogen) atoms. The van der Waals surface area contributed by atoms with E-state index in [9.17, 15) is 8.42 Å². The van der Waals surface area contributed by atoms with Crippen LogP contribution in [0, 0.1) is 12.8 Å². The zero-order chi connectivity index (χ0) is 20.3. The largest absolute Gasteiger partial charge is 0.496 e. The van der Waals surface area contributed by atoms with Gasteiger partial charge in [-0.2, -0.15) is 9.71 Å². The standard InChI is InChI=1S/C19H22N4O4S/c1-12(2)17(19-21-18(22-27-19)14-6-5-9-20-11-14)23-28(24,25)15-7-8-16(26-4)13(3)10-15/h5-12,17,23H,1-4H3. The van der Waals surface area contributed by atoms with Gasteiger partial charge in [0.1, 0.15) is 11.8 Å². The van der Waals surface area contributed by atoms with E-state index in [1.54, 1.807) is 50.7 Å². The fraction of sp³-hybridized carbons (Fsp3) is 0.316. The van der Waals surface area contributed by atoms with Crippen LogP contribution in [-0.4, -0.2) is 30.7 Å². The smallest absolute Gasteiger partial charge is 0.245 e. The van der Waals surface area contributed by atoms with E-state index in [1.165, 1.54) is 6.07 Å². The first-order valence-electron chi connectivity index (χ1n) is 8.73. The minimum absolute atomic E-state index is 0.115. The van der Waals surface area contributed by atoms with Gasteiger partial charge in [-0.1, -0.05) is 19.0 Å². The molecule has 0 aliphatic rings. The number of sulfonamides is 1. The number of aryl methyl sites for hydroxylation is 1. The Balaban J connectivity index is 1.89. The summed E-state index contributed by atoms with van der Waals surface area (Å²) >= 11 is 0. The van der Waals surface area contributed by atoms with Crippen LogP contribution >= 0.6 is 0 Å². The van der Waals surface area contributed by atoms with Gasteiger partial charge in [0.15, 0.2) is 0 Å². The molecule has 1 aromatic carbocycles. The average Bonchev–Trinajstić information content (AvgIpc) is 3.16. The van der Waals surface area contributed by atoms with Crippen molar-refractivity contribution >= 4 is 10.0 Å². The summed E-state index contributed by atoms with van der Waals surface area (Å²) in [7, 11) is -2.26. The Morgan fingerprint density at radius 3 is 2.61 bits per heavy atom. The first kappa shape index (κ1) is 20.0. The number of hydrogen-bond acceptors (Lipinski definition) is 7. The highest BCUT2D eigenvalue weighted by Gasteiger charge is 2.29. The molecule has 0 bridgehead atoms. The summed E-state index contributed by atoms with van der Waals surface area (Å²) in [6, 6.07) is 7.58. The molecule has 9 heteroatoms. The topological polar surface area (TPSA) is 107 Å². The van der Waals surface area contributed by atoms with Crippen LogP contribution in [0.25, 0.3) is 11.4 Å². The van der Waals surface area contributed by atoms with Gasteiger partial charge in [0, 0.05) is 18.0 Å². The number of benzene rings is 1. The SMILES string of the molecule is COc1ccc(S(=O)(=O)NC(c2nc(-c3cccnc3)no2)C(C)C)cc1C. The van der Waals surface area contributed by atoms with E-state index in [0.717, 1.165) is 5.56 Å². The quantitative estimate of drug-likeness (QED) is 0.647. The van der Waals surface area contributed by atoms with Crippen LogP contribution in [0.3, 0.4) is 0 Å². The molecule has 3 aromatic rings. The molecule has 0 fully saturated rings. The van der Waals surface area contributed by atoms with Crippen molar-refractivity contribution < 1.29 is 17.7 Å². The van der Waals surface area contributed by atoms with Crippen molar-refractivity contribution in [2.24, 2.45) is 5.92 Å². The number of ether oxygens (including phenoxy) is 1. The Bertz CT molecular complexity index is 1050. The number of aromatic nitrogens is 3. The van der Waals surface area contributed by atoms with Gasteiger partial charge >= 0.3 is 0 Å². The van der Waals surface area contributed by atoms with Crippen molar-refractivity contribution in [3.05, 3.63) is 54.2 Å². The highest BCUT2D eigenvalue weighted by molar-refractivity contribution is 7.89. The fourth-order valence-electron chi connectivity index (χ4n) is 2.70. The molecule has 3 rings (SSSR count). The monoisotopic (exact) mass is 402 g/mol. The Hall–Kier alpha value is -2.78. The molecule has 1 N–H and O–H groups in total. The minimum atomic E-state index is -3.80. The lowest BCUT2D eigenvalue weighted by Crippen LogP contribution is -2.32. The Morgan fingerprint density at radius 2 is 2.00 bits per heavy atom. The van der Waals surface area contributed by atoms with E-state index in [1.807, 2.05) is 13.8 Å². The van der Waals surface area contributed by atoms with E-state index >= 15 is 0 Å². The van der Waals surface area contributed by atoms with Crippen molar-refractivity contribution in [3.8, 4) is 17.1 Å². The Morgan fingerprint density at radius 1 is 1.21 bits per heavy atom. The maximum absolute atomic E-state index is 12.9. The number of hydrogen-bond donors (Lipinski definition) is 1. The number of nitrogens with zero attached hydrogens (tertiary/aromatic N) is 3. The second-order valence-electron chi connectivity index (χ2n) is 6.67. The minimum Gasteiger partial charge on any atom is -0.496 e. The van der Waals surface area contributed by atoms with Crippen molar-refractivity contribution in [3.63, 3.8) is 0 Å². The maximum atomic E-state index is 12.9. The van der Waals surface area contributed by atoms with Crippen molar-refractivity contribution in [1.29, 1.82) is 0 Å². The van der Waals surface area contributed by atoms with Gasteiger partial charge in [-0.25, -0.2) is 8.42 Å². The van der Waals surface area contributed by atoms with Gasteiger partial charge in [-0.15, -0.1) is 0 Å². The lowest BCUT2D eigenvalue weighted by atomic mass is 10.1. The van der Waals surface area contributed by atoms with Gasteiger partial charge in [-0.3, -0.25) is 4.98 Å². The molecule has 0 aliphatic heterocycles. The number of pyridine rings is 1. The highest BCUT2D eigenvalue weighted by atomic mass is 32.2. The zero-order valence-corrected chi connectivity index (χ0v) is 16.9. The summed E-state index contributed by atoms with van der Waals surface area (Å²) in [4.78, 5) is 8.53. The summed E-state index contributed by atoms with van der Waals surface area (Å²) in [5, 5.41) is 3.95. The molecule has 1 unspecified atom stereocenters. The summed E-state index contributed by atoms with van der Waals surface area (Å²) in [6.45, 7) is 5.54. The molecule has 2 heterocycles. The predicted molar refractivity (Wildman–Crippen MR) is 103 cm³/mol. The van der Waals surface area contributed by atoms with Crippen LogP contribution in [0.1, 0.15) is 31.3 Å². The molecule has 0 saturated carbocycles. The molecular weight excluding hydrogens is 380 g/mol. The third-order valence-corrected chi connectivity index (χ3v) is 5.69. The molecule has 0 aliphatic carbocycles. The Kier molecular flexibility index (Phi) is 5.76. The van der Waals surface area contributed by atoms with E-state index in [2.05, 4.69) is 19.8 Å². The lowest BCUT2D eigenvalue weighted by Gasteiger charge is -2.19. The summed E-state index contributed by atoms with van der Waals surface area (Å²) in [5.41, 5.74) is 1.41. The summed E-state index contributed by atoms with van der Waals surface area (Å²) in [6.07, 6.45) is 3.26. The predicted octanol–water partition coefficient (Wildman–Crippen LogP) is 3.12. The van der Waals surface area contributed by atoms with Crippen molar-refractivity contribution in [2.75, 3.05) is 7.11 Å². The van der Waals surface area contributed by atoms with Gasteiger partial charge in [0.2, 0.25) is 21.7 Å². The van der Waals surface area contributed by atoms with E-state index in [4.69, 9.17) is 9.26 Å². The fourth-order valence-corrected chi connectivity index (χ4v) is 4.12. The maximum Gasteiger partial charge on any atom is 0.245 e. The van der Waals surface area contributed by atoms with Crippen LogP contribution in [0.15, 0.2) is 52.1 Å². The molecule has 148 valence electrons. The third-order valence-electron chi connectivity index (χ3n) is 4.25. The van der Waals surface area contributed by atoms with Crippen molar-refractivity contribution in [1.82, 2.24) is 19.8 Å². The molecule has 0 saturated heterocycles. The molecule has 0 spiro atoms. The van der Waals surface area contributed by atoms with Crippen LogP contribution in [0.4, 0.5) is 0 Å². The molecule has 1 atom stereocenters. The second-order valence-corrected chi connectivity index (χ2v) is 8.39. The number of nitrogens with one attached hydrogen (secondary N) is 1. The third kappa shape index (κ3) is 4.20. The van der Waals surface area contributed by atoms with E-state index < -0.39 is 16.1 Å². The van der Waals surface area contributed by atoms with Crippen LogP contribution in [0.5, 0.6) is 5.75 Å². The Labute approximate surface area is 164 Å². The van der Waals surface area contributed by atoms with Crippen molar-refractivity contribution in [2.45, 2.75) is 31.7 Å². The molecule has 8 nitrogen and oxygen atoms in total. The zero-order valence-electron chi connectivity index (χ0n) is 16.1. The molecule has 0 amide bonds. The second kappa shape index (κ2) is 8.07. The van der Waals surface area contributed by atoms with E-state index in [0.29, 0.717) is 17.1 Å². The molecule has 0 radical (unpaired) electrons. The lowest BCUT2D eigenvalue weighted by molar-refractivity contribution is 0.311. The van der Waals surface area contributed by atoms with Crippen LogP contribution in [-0.2, 0) is 10.0 Å². The normalized spacial score (nSPS) is 12.9. The highest BCUT2D eigenvalue weighted by Crippen LogP contribution is 2.27. The van der Waals surface area contributed by atoms with Gasteiger partial charge in [-0.05, 0) is 48.7 Å². The average molecular weight is 402 g/mol. The molecule has 2 aromatic heterocycles. The summed E-state index contributed by atoms with van der Waals surface area (Å²) < 4.78 is 39.0.